The highest BCUT2D eigenvalue weighted by molar-refractivity contribution is 5.79. The van der Waals surface area contributed by atoms with E-state index in [9.17, 15) is 9.90 Å². The molecular weight excluding hydrogens is 308 g/mol. The number of carboxylic acid groups (broad SMARTS) is 1. The van der Waals surface area contributed by atoms with Gasteiger partial charge >= 0.3 is 5.97 Å². The van der Waals surface area contributed by atoms with Crippen LogP contribution in [0.5, 0.6) is 5.75 Å². The van der Waals surface area contributed by atoms with Gasteiger partial charge in [0, 0.05) is 18.1 Å². The lowest BCUT2D eigenvalue weighted by Gasteiger charge is -2.27. The zero-order valence-corrected chi connectivity index (χ0v) is 13.3. The Morgan fingerprint density at radius 2 is 1.92 bits per heavy atom. The molecule has 0 radical (unpaired) electrons. The Morgan fingerprint density at radius 3 is 2.54 bits per heavy atom. The summed E-state index contributed by atoms with van der Waals surface area (Å²) in [7, 11) is 0. The van der Waals surface area contributed by atoms with Crippen molar-refractivity contribution in [3.63, 3.8) is 0 Å². The number of ether oxygens (including phenoxy) is 1. The Bertz CT molecular complexity index is 860. The van der Waals surface area contributed by atoms with Gasteiger partial charge in [0.1, 0.15) is 5.75 Å². The zero-order valence-electron chi connectivity index (χ0n) is 13.3. The lowest BCUT2D eigenvalue weighted by atomic mass is 9.96. The number of aromatic nitrogens is 2. The Balaban J connectivity index is 1.95. The Labute approximate surface area is 138 Å². The van der Waals surface area contributed by atoms with E-state index in [0.29, 0.717) is 28.6 Å². The van der Waals surface area contributed by atoms with E-state index in [1.165, 1.54) is 6.92 Å². The summed E-state index contributed by atoms with van der Waals surface area (Å²) < 4.78 is 10.8. The van der Waals surface area contributed by atoms with E-state index in [2.05, 4.69) is 10.1 Å². The van der Waals surface area contributed by atoms with Crippen molar-refractivity contribution in [2.24, 2.45) is 0 Å². The van der Waals surface area contributed by atoms with Crippen LogP contribution in [0.3, 0.4) is 0 Å². The van der Waals surface area contributed by atoms with Crippen LogP contribution < -0.4 is 4.74 Å². The maximum atomic E-state index is 11.8. The first-order chi connectivity index (χ1) is 11.5. The van der Waals surface area contributed by atoms with Gasteiger partial charge in [0.05, 0.1) is 0 Å². The number of carbonyl (C=O) groups is 1. The molecule has 6 nitrogen and oxygen atoms in total. The number of hydrogen-bond donors (Lipinski definition) is 1. The second-order valence-electron chi connectivity index (χ2n) is 5.47. The second kappa shape index (κ2) is 6.16. The van der Waals surface area contributed by atoms with Crippen molar-refractivity contribution in [1.82, 2.24) is 10.1 Å². The van der Waals surface area contributed by atoms with Crippen LogP contribution in [0.1, 0.15) is 18.4 Å². The maximum Gasteiger partial charge on any atom is 0.352 e. The monoisotopic (exact) mass is 324 g/mol. The number of rotatable bonds is 5. The van der Waals surface area contributed by atoms with E-state index >= 15 is 0 Å². The predicted octanol–water partition coefficient (Wildman–Crippen LogP) is 3.42. The maximum absolute atomic E-state index is 11.8. The largest absolute Gasteiger partial charge is 0.478 e. The highest BCUT2D eigenvalue weighted by atomic mass is 16.5. The van der Waals surface area contributed by atoms with E-state index in [-0.39, 0.29) is 0 Å². The summed E-state index contributed by atoms with van der Waals surface area (Å²) in [5.74, 6) is 0.212. The fourth-order valence-corrected chi connectivity index (χ4v) is 2.33. The molecule has 0 bridgehead atoms. The van der Waals surface area contributed by atoms with Crippen molar-refractivity contribution >= 4 is 5.97 Å². The highest BCUT2D eigenvalue weighted by Crippen LogP contribution is 2.30. The number of hydrogen-bond acceptors (Lipinski definition) is 5. The van der Waals surface area contributed by atoms with E-state index in [1.807, 2.05) is 6.07 Å². The Hall–Kier alpha value is -3.15. The fraction of sp³-hybridized carbons (Fsp3) is 0.167. The Kier molecular flexibility index (Phi) is 4.04. The molecule has 0 spiro atoms. The quantitative estimate of drug-likeness (QED) is 0.774. The van der Waals surface area contributed by atoms with Crippen molar-refractivity contribution < 1.29 is 19.2 Å². The van der Waals surface area contributed by atoms with Crippen molar-refractivity contribution in [2.45, 2.75) is 19.4 Å². The lowest BCUT2D eigenvalue weighted by molar-refractivity contribution is -0.154. The van der Waals surface area contributed by atoms with Gasteiger partial charge in [0.2, 0.25) is 17.3 Å². The molecular formula is C18H16N2O4. The molecule has 0 saturated heterocycles. The van der Waals surface area contributed by atoms with Gasteiger partial charge in [0.15, 0.2) is 0 Å². The summed E-state index contributed by atoms with van der Waals surface area (Å²) in [4.78, 5) is 16.0. The molecule has 1 N–H and O–H groups in total. The molecule has 0 fully saturated rings. The second-order valence-corrected chi connectivity index (χ2v) is 5.47. The average Bonchev–Trinajstić information content (AvgIpc) is 3.02. The van der Waals surface area contributed by atoms with E-state index in [0.717, 1.165) is 0 Å². The van der Waals surface area contributed by atoms with Crippen LogP contribution >= 0.6 is 0 Å². The summed E-state index contributed by atoms with van der Waals surface area (Å²) >= 11 is 0. The summed E-state index contributed by atoms with van der Waals surface area (Å²) in [6.07, 6.45) is 0. The highest BCUT2D eigenvalue weighted by Gasteiger charge is 2.37. The minimum atomic E-state index is -1.51. The summed E-state index contributed by atoms with van der Waals surface area (Å²) in [6, 6.07) is 15.8. The molecule has 0 aliphatic carbocycles. The van der Waals surface area contributed by atoms with E-state index in [1.54, 1.807) is 55.5 Å². The minimum absolute atomic E-state index is 0.406. The van der Waals surface area contributed by atoms with E-state index < -0.39 is 11.6 Å². The van der Waals surface area contributed by atoms with E-state index in [4.69, 9.17) is 9.26 Å². The number of carboxylic acids is 1. The SMILES string of the molecule is Cc1nc(-c2cccc(OC(C)(C(=O)O)c3ccccc3)c2)no1. The van der Waals surface area contributed by atoms with Crippen LogP contribution in [-0.4, -0.2) is 21.2 Å². The molecule has 3 rings (SSSR count). The van der Waals surface area contributed by atoms with Gasteiger partial charge in [0.25, 0.3) is 0 Å². The van der Waals surface area contributed by atoms with Crippen LogP contribution in [0.25, 0.3) is 11.4 Å². The number of aryl methyl sites for hydroxylation is 1. The zero-order chi connectivity index (χ0) is 17.2. The average molecular weight is 324 g/mol. The molecule has 3 aromatic rings. The molecule has 1 unspecified atom stereocenters. The first-order valence-electron chi connectivity index (χ1n) is 7.38. The summed E-state index contributed by atoms with van der Waals surface area (Å²) in [6.45, 7) is 3.23. The van der Waals surface area contributed by atoms with Crippen molar-refractivity contribution in [1.29, 1.82) is 0 Å². The lowest BCUT2D eigenvalue weighted by Crippen LogP contribution is -2.38. The molecule has 1 atom stereocenters. The van der Waals surface area contributed by atoms with Crippen molar-refractivity contribution in [3.05, 3.63) is 66.1 Å². The molecule has 6 heteroatoms. The number of benzene rings is 2. The van der Waals surface area contributed by atoms with Crippen LogP contribution in [0.4, 0.5) is 0 Å². The van der Waals surface area contributed by atoms with Crippen LogP contribution in [0.15, 0.2) is 59.1 Å². The normalized spacial score (nSPS) is 13.2. The standard InChI is InChI=1S/C18H16N2O4/c1-12-19-16(20-24-12)13-7-6-10-15(11-13)23-18(2,17(21)22)14-8-4-3-5-9-14/h3-11H,1-2H3,(H,21,22). The predicted molar refractivity (Wildman–Crippen MR) is 86.5 cm³/mol. The molecule has 24 heavy (non-hydrogen) atoms. The van der Waals surface area contributed by atoms with Gasteiger partial charge < -0.3 is 14.4 Å². The summed E-state index contributed by atoms with van der Waals surface area (Å²) in [5, 5.41) is 13.5. The molecule has 1 aromatic heterocycles. The minimum Gasteiger partial charge on any atom is -0.478 e. The van der Waals surface area contributed by atoms with Gasteiger partial charge in [-0.05, 0) is 19.1 Å². The molecule has 2 aromatic carbocycles. The van der Waals surface area contributed by atoms with Gasteiger partial charge in [-0.25, -0.2) is 4.79 Å². The first kappa shape index (κ1) is 15.7. The molecule has 0 saturated carbocycles. The fourth-order valence-electron chi connectivity index (χ4n) is 2.33. The first-order valence-corrected chi connectivity index (χ1v) is 7.38. The molecule has 122 valence electrons. The van der Waals surface area contributed by atoms with Gasteiger partial charge in [-0.3, -0.25) is 0 Å². The topological polar surface area (TPSA) is 85.5 Å². The molecule has 0 aliphatic rings. The number of nitrogens with zero attached hydrogens (tertiary/aromatic N) is 2. The van der Waals surface area contributed by atoms with Gasteiger partial charge in [-0.1, -0.05) is 47.6 Å². The Morgan fingerprint density at radius 1 is 1.17 bits per heavy atom. The smallest absolute Gasteiger partial charge is 0.352 e. The molecule has 0 amide bonds. The van der Waals surface area contributed by atoms with Crippen molar-refractivity contribution in [3.8, 4) is 17.1 Å². The van der Waals surface area contributed by atoms with Gasteiger partial charge in [-0.15, -0.1) is 0 Å². The van der Waals surface area contributed by atoms with Crippen LogP contribution in [-0.2, 0) is 10.4 Å². The molecule has 1 heterocycles. The third-order valence-electron chi connectivity index (χ3n) is 3.67. The third-order valence-corrected chi connectivity index (χ3v) is 3.67. The number of aliphatic carboxylic acids is 1. The van der Waals surface area contributed by atoms with Crippen LogP contribution in [0.2, 0.25) is 0 Å². The van der Waals surface area contributed by atoms with Crippen molar-refractivity contribution in [2.75, 3.05) is 0 Å². The third kappa shape index (κ3) is 2.99. The summed E-state index contributed by atoms with van der Waals surface area (Å²) in [5.41, 5.74) is -0.268. The molecule has 0 aliphatic heterocycles. The van der Waals surface area contributed by atoms with Gasteiger partial charge in [-0.2, -0.15) is 4.98 Å². The van der Waals surface area contributed by atoms with Crippen LogP contribution in [0, 0.1) is 6.92 Å².